The number of carbonyl (C=O) groups excluding carboxylic acids is 1. The Hall–Kier alpha value is -2.61. The molecule has 5 nitrogen and oxygen atoms in total. The number of amides is 1. The van der Waals surface area contributed by atoms with Gasteiger partial charge in [0.25, 0.3) is 5.91 Å². The monoisotopic (exact) mass is 254 g/mol. The molecular formula is C14H14N4O. The quantitative estimate of drug-likeness (QED) is 0.902. The van der Waals surface area contributed by atoms with E-state index in [9.17, 15) is 4.79 Å². The van der Waals surface area contributed by atoms with Crippen LogP contribution in [-0.2, 0) is 13.1 Å². The molecule has 0 aliphatic rings. The fraction of sp³-hybridized carbons (Fsp3) is 0.214. The number of nitriles is 1. The third-order valence-corrected chi connectivity index (χ3v) is 2.74. The summed E-state index contributed by atoms with van der Waals surface area (Å²) in [5.74, 6) is -0.159. The first-order valence-electron chi connectivity index (χ1n) is 6.02. The van der Waals surface area contributed by atoms with Gasteiger partial charge in [0, 0.05) is 30.4 Å². The Balaban J connectivity index is 1.95. The maximum atomic E-state index is 11.9. The topological polar surface area (TPSA) is 70.7 Å². The van der Waals surface area contributed by atoms with Crippen LogP contribution in [0.25, 0.3) is 0 Å². The molecule has 0 bridgehead atoms. The molecule has 0 atom stereocenters. The second-order valence-electron chi connectivity index (χ2n) is 4.08. The predicted octanol–water partition coefficient (Wildman–Crippen LogP) is 1.70. The zero-order valence-corrected chi connectivity index (χ0v) is 10.6. The number of benzene rings is 1. The average Bonchev–Trinajstić information content (AvgIpc) is 2.93. The van der Waals surface area contributed by atoms with Crippen molar-refractivity contribution in [3.05, 3.63) is 53.3 Å². The smallest absolute Gasteiger partial charge is 0.251 e. The molecule has 96 valence electrons. The largest absolute Gasteiger partial charge is 0.348 e. The van der Waals surface area contributed by atoms with E-state index in [1.165, 1.54) is 0 Å². The Morgan fingerprint density at radius 1 is 1.42 bits per heavy atom. The van der Waals surface area contributed by atoms with E-state index in [4.69, 9.17) is 5.26 Å². The van der Waals surface area contributed by atoms with E-state index < -0.39 is 0 Å². The van der Waals surface area contributed by atoms with Gasteiger partial charge in [0.05, 0.1) is 17.8 Å². The van der Waals surface area contributed by atoms with Crippen molar-refractivity contribution in [2.75, 3.05) is 0 Å². The summed E-state index contributed by atoms with van der Waals surface area (Å²) in [6.07, 6.45) is 3.64. The van der Waals surface area contributed by atoms with E-state index >= 15 is 0 Å². The van der Waals surface area contributed by atoms with E-state index in [0.717, 1.165) is 12.1 Å². The number of hydrogen-bond donors (Lipinski definition) is 1. The van der Waals surface area contributed by atoms with E-state index in [0.29, 0.717) is 17.7 Å². The summed E-state index contributed by atoms with van der Waals surface area (Å²) >= 11 is 0. The highest BCUT2D eigenvalue weighted by Crippen LogP contribution is 2.04. The van der Waals surface area contributed by atoms with Gasteiger partial charge in [-0.3, -0.25) is 9.48 Å². The lowest BCUT2D eigenvalue weighted by Gasteiger charge is -2.03. The van der Waals surface area contributed by atoms with Gasteiger partial charge in [0.2, 0.25) is 0 Å². The van der Waals surface area contributed by atoms with Gasteiger partial charge in [-0.15, -0.1) is 0 Å². The van der Waals surface area contributed by atoms with E-state index in [-0.39, 0.29) is 5.91 Å². The number of aromatic nitrogens is 2. The molecule has 0 saturated carbocycles. The van der Waals surface area contributed by atoms with Crippen molar-refractivity contribution in [1.29, 1.82) is 5.26 Å². The van der Waals surface area contributed by atoms with Crippen LogP contribution in [0, 0.1) is 11.3 Å². The molecule has 2 rings (SSSR count). The van der Waals surface area contributed by atoms with Gasteiger partial charge in [-0.05, 0) is 31.2 Å². The summed E-state index contributed by atoms with van der Waals surface area (Å²) in [7, 11) is 0. The third kappa shape index (κ3) is 3.19. The minimum Gasteiger partial charge on any atom is -0.348 e. The second-order valence-corrected chi connectivity index (χ2v) is 4.08. The van der Waals surface area contributed by atoms with Crippen molar-refractivity contribution in [2.45, 2.75) is 20.0 Å². The fourth-order valence-corrected chi connectivity index (χ4v) is 1.65. The molecule has 0 aliphatic heterocycles. The van der Waals surface area contributed by atoms with Crippen LogP contribution in [0.5, 0.6) is 0 Å². The lowest BCUT2D eigenvalue weighted by Crippen LogP contribution is -2.22. The minimum atomic E-state index is -0.159. The maximum Gasteiger partial charge on any atom is 0.251 e. The van der Waals surface area contributed by atoms with Crippen LogP contribution in [0.4, 0.5) is 0 Å². The van der Waals surface area contributed by atoms with Crippen LogP contribution in [0.15, 0.2) is 36.7 Å². The van der Waals surface area contributed by atoms with Gasteiger partial charge < -0.3 is 5.32 Å². The predicted molar refractivity (Wildman–Crippen MR) is 70.2 cm³/mol. The van der Waals surface area contributed by atoms with E-state index in [2.05, 4.69) is 10.4 Å². The zero-order chi connectivity index (χ0) is 13.7. The third-order valence-electron chi connectivity index (χ3n) is 2.74. The molecule has 0 saturated heterocycles. The van der Waals surface area contributed by atoms with Crippen LogP contribution in [0.2, 0.25) is 0 Å². The Bertz CT molecular complexity index is 607. The van der Waals surface area contributed by atoms with Crippen molar-refractivity contribution in [3.63, 3.8) is 0 Å². The first-order chi connectivity index (χ1) is 9.22. The molecule has 0 fully saturated rings. The number of carbonyl (C=O) groups is 1. The van der Waals surface area contributed by atoms with Gasteiger partial charge >= 0.3 is 0 Å². The van der Waals surface area contributed by atoms with Crippen LogP contribution >= 0.6 is 0 Å². The minimum absolute atomic E-state index is 0.159. The SMILES string of the molecule is CCn1cc(CNC(=O)c2ccc(C#N)cc2)cn1. The summed E-state index contributed by atoms with van der Waals surface area (Å²) in [6, 6.07) is 8.56. The molecule has 5 heteroatoms. The van der Waals surface area contributed by atoms with Gasteiger partial charge in [-0.25, -0.2) is 0 Å². The summed E-state index contributed by atoms with van der Waals surface area (Å²) in [4.78, 5) is 11.9. The van der Waals surface area contributed by atoms with Gasteiger partial charge in [0.1, 0.15) is 0 Å². The molecule has 2 aromatic rings. The molecule has 0 aliphatic carbocycles. The average molecular weight is 254 g/mol. The van der Waals surface area contributed by atoms with Crippen LogP contribution in [0.1, 0.15) is 28.4 Å². The fourth-order valence-electron chi connectivity index (χ4n) is 1.65. The highest BCUT2D eigenvalue weighted by molar-refractivity contribution is 5.94. The first-order valence-corrected chi connectivity index (χ1v) is 6.02. The molecule has 0 radical (unpaired) electrons. The number of rotatable bonds is 4. The normalized spacial score (nSPS) is 9.89. The second kappa shape index (κ2) is 5.83. The highest BCUT2D eigenvalue weighted by atomic mass is 16.1. The Labute approximate surface area is 111 Å². The highest BCUT2D eigenvalue weighted by Gasteiger charge is 2.05. The van der Waals surface area contributed by atoms with Gasteiger partial charge in [-0.1, -0.05) is 0 Å². The molecule has 19 heavy (non-hydrogen) atoms. The Kier molecular flexibility index (Phi) is 3.94. The summed E-state index contributed by atoms with van der Waals surface area (Å²) in [5.41, 5.74) is 2.05. The van der Waals surface area contributed by atoms with Crippen molar-refractivity contribution in [2.24, 2.45) is 0 Å². The zero-order valence-electron chi connectivity index (χ0n) is 10.6. The van der Waals surface area contributed by atoms with Gasteiger partial charge in [-0.2, -0.15) is 10.4 Å². The molecule has 0 unspecified atom stereocenters. The summed E-state index contributed by atoms with van der Waals surface area (Å²) in [5, 5.41) is 15.6. The molecule has 0 spiro atoms. The Morgan fingerprint density at radius 3 is 2.74 bits per heavy atom. The lowest BCUT2D eigenvalue weighted by molar-refractivity contribution is 0.0951. The summed E-state index contributed by atoms with van der Waals surface area (Å²) < 4.78 is 1.81. The molecule has 1 N–H and O–H groups in total. The first kappa shape index (κ1) is 12.8. The van der Waals surface area contributed by atoms with Crippen LogP contribution in [0.3, 0.4) is 0 Å². The van der Waals surface area contributed by atoms with Gasteiger partial charge in [0.15, 0.2) is 0 Å². The molecule has 1 amide bonds. The van der Waals surface area contributed by atoms with Crippen molar-refractivity contribution >= 4 is 5.91 Å². The Morgan fingerprint density at radius 2 is 2.16 bits per heavy atom. The summed E-state index contributed by atoms with van der Waals surface area (Å²) in [6.45, 7) is 3.26. The number of aryl methyl sites for hydroxylation is 1. The molecule has 1 heterocycles. The van der Waals surface area contributed by atoms with Crippen molar-refractivity contribution in [3.8, 4) is 6.07 Å². The molecule has 1 aromatic heterocycles. The van der Waals surface area contributed by atoms with Crippen LogP contribution in [-0.4, -0.2) is 15.7 Å². The maximum absolute atomic E-state index is 11.9. The van der Waals surface area contributed by atoms with E-state index in [1.54, 1.807) is 30.5 Å². The number of hydrogen-bond acceptors (Lipinski definition) is 3. The number of nitrogens with zero attached hydrogens (tertiary/aromatic N) is 3. The van der Waals surface area contributed by atoms with Crippen LogP contribution < -0.4 is 5.32 Å². The molecule has 1 aromatic carbocycles. The standard InChI is InChI=1S/C14H14N4O/c1-2-18-10-12(9-17-18)8-16-14(19)13-5-3-11(7-15)4-6-13/h3-6,9-10H,2,8H2,1H3,(H,16,19). The number of nitrogens with one attached hydrogen (secondary N) is 1. The lowest BCUT2D eigenvalue weighted by atomic mass is 10.1. The van der Waals surface area contributed by atoms with Crippen molar-refractivity contribution < 1.29 is 4.79 Å². The van der Waals surface area contributed by atoms with E-state index in [1.807, 2.05) is 23.9 Å². The van der Waals surface area contributed by atoms with Crippen molar-refractivity contribution in [1.82, 2.24) is 15.1 Å². The molecular weight excluding hydrogens is 240 g/mol.